The quantitative estimate of drug-likeness (QED) is 0.498. The van der Waals surface area contributed by atoms with Gasteiger partial charge in [0.1, 0.15) is 5.82 Å². The summed E-state index contributed by atoms with van der Waals surface area (Å²) in [5.41, 5.74) is 7.04. The van der Waals surface area contributed by atoms with Gasteiger partial charge in [0.15, 0.2) is 5.82 Å². The number of nitrogens with two attached hydrogens (primary N) is 1. The van der Waals surface area contributed by atoms with Crippen molar-refractivity contribution in [1.82, 2.24) is 9.97 Å². The van der Waals surface area contributed by atoms with Gasteiger partial charge in [-0.2, -0.15) is 0 Å². The predicted molar refractivity (Wildman–Crippen MR) is 85.3 cm³/mol. The lowest BCUT2D eigenvalue weighted by atomic mass is 10.1. The maximum absolute atomic E-state index is 11.1. The minimum absolute atomic E-state index is 0.0252. The van der Waals surface area contributed by atoms with Crippen molar-refractivity contribution in [1.29, 1.82) is 0 Å². The predicted octanol–water partition coefficient (Wildman–Crippen LogP) is 3.36. The second kappa shape index (κ2) is 5.70. The molecule has 1 heterocycles. The zero-order chi connectivity index (χ0) is 14.9. The second-order valence-electron chi connectivity index (χ2n) is 4.56. The molecule has 0 saturated carbocycles. The third-order valence-corrected chi connectivity index (χ3v) is 3.90. The highest BCUT2D eigenvalue weighted by Gasteiger charge is 2.20. The summed E-state index contributed by atoms with van der Waals surface area (Å²) in [6.45, 7) is 3.99. The van der Waals surface area contributed by atoms with Gasteiger partial charge in [0.2, 0.25) is 0 Å². The molecule has 1 aromatic carbocycles. The first kappa shape index (κ1) is 14.6. The van der Waals surface area contributed by atoms with E-state index in [0.29, 0.717) is 17.2 Å². The fourth-order valence-electron chi connectivity index (χ4n) is 1.81. The van der Waals surface area contributed by atoms with Crippen LogP contribution in [0.2, 0.25) is 0 Å². The van der Waals surface area contributed by atoms with Gasteiger partial charge in [0, 0.05) is 6.07 Å². The van der Waals surface area contributed by atoms with E-state index >= 15 is 0 Å². The number of rotatable bonds is 3. The molecular formula is C13H13IN4O2. The van der Waals surface area contributed by atoms with Crippen LogP contribution < -0.4 is 5.73 Å². The summed E-state index contributed by atoms with van der Waals surface area (Å²) >= 11 is 2.09. The molecule has 0 amide bonds. The average molecular weight is 384 g/mol. The van der Waals surface area contributed by atoms with E-state index in [-0.39, 0.29) is 11.6 Å². The van der Waals surface area contributed by atoms with E-state index in [4.69, 9.17) is 5.73 Å². The number of nitro benzene ring substituents is 1. The Bertz CT molecular complexity index is 673. The van der Waals surface area contributed by atoms with E-state index in [1.54, 1.807) is 18.2 Å². The number of para-hydroxylation sites is 1. The third-order valence-electron chi connectivity index (χ3n) is 2.79. The molecule has 7 heteroatoms. The largest absolute Gasteiger partial charge is 0.383 e. The monoisotopic (exact) mass is 384 g/mol. The molecule has 0 unspecified atom stereocenters. The number of nitrogens with zero attached hydrogens (tertiary/aromatic N) is 3. The molecule has 0 bridgehead atoms. The lowest BCUT2D eigenvalue weighted by molar-refractivity contribution is -0.384. The number of hydrogen-bond acceptors (Lipinski definition) is 5. The molecule has 2 aromatic rings. The highest BCUT2D eigenvalue weighted by Crippen LogP contribution is 2.31. The first-order chi connectivity index (χ1) is 9.41. The lowest BCUT2D eigenvalue weighted by Crippen LogP contribution is -2.07. The first-order valence-electron chi connectivity index (χ1n) is 5.98. The van der Waals surface area contributed by atoms with Gasteiger partial charge in [-0.25, -0.2) is 9.97 Å². The van der Waals surface area contributed by atoms with Crippen molar-refractivity contribution < 1.29 is 4.92 Å². The topological polar surface area (TPSA) is 94.9 Å². The van der Waals surface area contributed by atoms with Crippen LogP contribution in [0.1, 0.15) is 25.5 Å². The van der Waals surface area contributed by atoms with E-state index in [1.165, 1.54) is 6.07 Å². The Morgan fingerprint density at radius 2 is 1.95 bits per heavy atom. The Morgan fingerprint density at radius 3 is 2.55 bits per heavy atom. The van der Waals surface area contributed by atoms with Crippen LogP contribution in [0.3, 0.4) is 0 Å². The number of hydrogen-bond donors (Lipinski definition) is 1. The zero-order valence-corrected chi connectivity index (χ0v) is 13.2. The van der Waals surface area contributed by atoms with Crippen LogP contribution in [0.5, 0.6) is 0 Å². The zero-order valence-electron chi connectivity index (χ0n) is 11.0. The lowest BCUT2D eigenvalue weighted by Gasteiger charge is -2.11. The van der Waals surface area contributed by atoms with E-state index in [2.05, 4.69) is 32.6 Å². The Hall–Kier alpha value is -1.77. The van der Waals surface area contributed by atoms with Crippen molar-refractivity contribution in [3.8, 4) is 11.4 Å². The summed E-state index contributed by atoms with van der Waals surface area (Å²) in [7, 11) is 0. The summed E-state index contributed by atoms with van der Waals surface area (Å²) in [5.74, 6) is 0.796. The number of aromatic nitrogens is 2. The molecule has 6 nitrogen and oxygen atoms in total. The van der Waals surface area contributed by atoms with Gasteiger partial charge in [-0.1, -0.05) is 26.0 Å². The summed E-state index contributed by atoms with van der Waals surface area (Å²) in [6.07, 6.45) is 0. The van der Waals surface area contributed by atoms with Gasteiger partial charge in [0.25, 0.3) is 5.69 Å². The summed E-state index contributed by atoms with van der Waals surface area (Å²) in [5, 5.41) is 11.1. The maximum Gasteiger partial charge on any atom is 0.280 e. The molecule has 2 N–H and O–H groups in total. The number of nitro groups is 1. The fraction of sp³-hybridized carbons (Fsp3) is 0.231. The number of halogens is 1. The van der Waals surface area contributed by atoms with Gasteiger partial charge >= 0.3 is 0 Å². The van der Waals surface area contributed by atoms with Crippen LogP contribution in [0.25, 0.3) is 11.4 Å². The van der Waals surface area contributed by atoms with E-state index in [9.17, 15) is 10.1 Å². The summed E-state index contributed by atoms with van der Waals surface area (Å²) < 4.78 is 0.792. The normalized spacial score (nSPS) is 10.8. The van der Waals surface area contributed by atoms with Gasteiger partial charge in [-0.3, -0.25) is 10.1 Å². The van der Waals surface area contributed by atoms with Crippen molar-refractivity contribution in [2.75, 3.05) is 5.73 Å². The van der Waals surface area contributed by atoms with Crippen LogP contribution in [-0.4, -0.2) is 14.9 Å². The van der Waals surface area contributed by atoms with E-state index in [0.717, 1.165) is 9.26 Å². The molecule has 104 valence electrons. The highest BCUT2D eigenvalue weighted by molar-refractivity contribution is 14.1. The van der Waals surface area contributed by atoms with Crippen molar-refractivity contribution >= 4 is 34.1 Å². The molecule has 0 fully saturated rings. The number of nitrogen functional groups attached to an aromatic ring is 1. The average Bonchev–Trinajstić information content (AvgIpc) is 2.41. The smallest absolute Gasteiger partial charge is 0.280 e. The molecule has 2 rings (SSSR count). The molecule has 20 heavy (non-hydrogen) atoms. The van der Waals surface area contributed by atoms with E-state index < -0.39 is 4.92 Å². The standard InChI is InChI=1S/C13H13IN4O2/c1-7(2)11-10(14)12(15)17-13(16-11)8-5-3-4-6-9(8)18(19)20/h3-7H,1-2H3,(H2,15,16,17). The SMILES string of the molecule is CC(C)c1nc(-c2ccccc2[N+](=O)[O-])nc(N)c1I. The van der Waals surface area contributed by atoms with Crippen molar-refractivity contribution in [3.05, 3.63) is 43.6 Å². The van der Waals surface area contributed by atoms with Gasteiger partial charge < -0.3 is 5.73 Å². The molecule has 0 aliphatic carbocycles. The van der Waals surface area contributed by atoms with E-state index in [1.807, 2.05) is 13.8 Å². The minimum Gasteiger partial charge on any atom is -0.383 e. The minimum atomic E-state index is -0.443. The highest BCUT2D eigenvalue weighted by atomic mass is 127. The fourth-order valence-corrected chi connectivity index (χ4v) is 2.67. The molecule has 0 atom stereocenters. The van der Waals surface area contributed by atoms with Crippen molar-refractivity contribution in [3.63, 3.8) is 0 Å². The summed E-state index contributed by atoms with van der Waals surface area (Å²) in [6, 6.07) is 6.39. The molecule has 0 radical (unpaired) electrons. The number of anilines is 1. The molecule has 1 aromatic heterocycles. The van der Waals surface area contributed by atoms with Crippen LogP contribution in [0.15, 0.2) is 24.3 Å². The third kappa shape index (κ3) is 2.72. The Kier molecular flexibility index (Phi) is 4.17. The van der Waals surface area contributed by atoms with Crippen LogP contribution in [0, 0.1) is 13.7 Å². The Balaban J connectivity index is 2.68. The molecule has 0 aliphatic rings. The van der Waals surface area contributed by atoms with Gasteiger partial charge in [-0.15, -0.1) is 0 Å². The molecule has 0 spiro atoms. The molecular weight excluding hydrogens is 371 g/mol. The van der Waals surface area contributed by atoms with Crippen molar-refractivity contribution in [2.45, 2.75) is 19.8 Å². The maximum atomic E-state index is 11.1. The molecule has 0 aliphatic heterocycles. The Morgan fingerprint density at radius 1 is 1.30 bits per heavy atom. The van der Waals surface area contributed by atoms with Crippen LogP contribution in [0.4, 0.5) is 11.5 Å². The van der Waals surface area contributed by atoms with Gasteiger partial charge in [0.05, 0.1) is 19.8 Å². The summed E-state index contributed by atoms with van der Waals surface area (Å²) in [4.78, 5) is 19.3. The van der Waals surface area contributed by atoms with Crippen LogP contribution in [-0.2, 0) is 0 Å². The van der Waals surface area contributed by atoms with Crippen molar-refractivity contribution in [2.24, 2.45) is 0 Å². The second-order valence-corrected chi connectivity index (χ2v) is 5.64. The first-order valence-corrected chi connectivity index (χ1v) is 7.06. The Labute approximate surface area is 129 Å². The molecule has 0 saturated heterocycles. The van der Waals surface area contributed by atoms with Gasteiger partial charge in [-0.05, 0) is 34.6 Å². The number of benzene rings is 1. The van der Waals surface area contributed by atoms with Crippen LogP contribution >= 0.6 is 22.6 Å².